The maximum atomic E-state index is 3.33. The molecule has 0 saturated carbocycles. The summed E-state index contributed by atoms with van der Waals surface area (Å²) < 4.78 is 0. The van der Waals surface area contributed by atoms with Gasteiger partial charge in [-0.25, -0.2) is 0 Å². The van der Waals surface area contributed by atoms with Crippen molar-refractivity contribution in [1.82, 2.24) is 15.1 Å². The first-order chi connectivity index (χ1) is 5.38. The van der Waals surface area contributed by atoms with Gasteiger partial charge < -0.3 is 9.80 Å². The van der Waals surface area contributed by atoms with Crippen LogP contribution in [0.5, 0.6) is 0 Å². The van der Waals surface area contributed by atoms with Gasteiger partial charge in [0.15, 0.2) is 0 Å². The van der Waals surface area contributed by atoms with Gasteiger partial charge >= 0.3 is 0 Å². The molecule has 2 rings (SSSR count). The Labute approximate surface area is 67.7 Å². The largest absolute Gasteiger partial charge is 0.361 e. The normalized spacial score (nSPS) is 24.6. The van der Waals surface area contributed by atoms with Gasteiger partial charge in [-0.15, -0.1) is 0 Å². The van der Waals surface area contributed by atoms with Crippen LogP contribution in [0.3, 0.4) is 0 Å². The molecule has 1 fully saturated rings. The Morgan fingerprint density at radius 3 is 3.18 bits per heavy atom. The van der Waals surface area contributed by atoms with E-state index in [1.54, 1.807) is 0 Å². The van der Waals surface area contributed by atoms with Crippen LogP contribution in [0, 0.1) is 0 Å². The molecule has 2 aliphatic rings. The quantitative estimate of drug-likeness (QED) is 0.529. The van der Waals surface area contributed by atoms with Crippen LogP contribution in [-0.4, -0.2) is 43.2 Å². The fraction of sp³-hybridized carbons (Fsp3) is 0.750. The summed E-state index contributed by atoms with van der Waals surface area (Å²) in [7, 11) is 2.17. The minimum Gasteiger partial charge on any atom is -0.361 e. The number of hydrogen-bond donors (Lipinski definition) is 1. The first-order valence-corrected chi connectivity index (χ1v) is 4.25. The van der Waals surface area contributed by atoms with Crippen LogP contribution in [0.15, 0.2) is 11.9 Å². The minimum atomic E-state index is 1.02. The Balaban J connectivity index is 2.14. The second kappa shape index (κ2) is 2.74. The Morgan fingerprint density at radius 2 is 2.36 bits per heavy atom. The minimum absolute atomic E-state index is 1.02. The molecule has 3 nitrogen and oxygen atoms in total. The van der Waals surface area contributed by atoms with Crippen molar-refractivity contribution in [3.8, 4) is 0 Å². The van der Waals surface area contributed by atoms with Crippen LogP contribution in [0.4, 0.5) is 0 Å². The molecule has 0 bridgehead atoms. The second-order valence-corrected chi connectivity index (χ2v) is 3.21. The monoisotopic (exact) mass is 153 g/mol. The average Bonchev–Trinajstić information content (AvgIpc) is 2.06. The standard InChI is InChI=1S/C8H15N3/c1-10-5-2-6-11-7-9-4-3-8(10)11/h3,9H,2,4-7H2,1H3. The molecule has 0 aromatic heterocycles. The van der Waals surface area contributed by atoms with Crippen molar-refractivity contribution in [1.29, 1.82) is 0 Å². The average molecular weight is 153 g/mol. The number of nitrogens with one attached hydrogen (secondary N) is 1. The molecular formula is C8H15N3. The summed E-state index contributed by atoms with van der Waals surface area (Å²) >= 11 is 0. The molecular weight excluding hydrogens is 138 g/mol. The van der Waals surface area contributed by atoms with Crippen molar-refractivity contribution in [2.45, 2.75) is 6.42 Å². The lowest BCUT2D eigenvalue weighted by molar-refractivity contribution is 0.162. The molecule has 0 atom stereocenters. The van der Waals surface area contributed by atoms with Gasteiger partial charge in [-0.2, -0.15) is 0 Å². The maximum absolute atomic E-state index is 3.33. The van der Waals surface area contributed by atoms with E-state index in [2.05, 4.69) is 28.2 Å². The van der Waals surface area contributed by atoms with Crippen LogP contribution in [-0.2, 0) is 0 Å². The van der Waals surface area contributed by atoms with Crippen molar-refractivity contribution < 1.29 is 0 Å². The third kappa shape index (κ3) is 1.20. The lowest BCUT2D eigenvalue weighted by Crippen LogP contribution is -2.47. The highest BCUT2D eigenvalue weighted by atomic mass is 15.4. The van der Waals surface area contributed by atoms with Gasteiger partial charge in [0.1, 0.15) is 5.82 Å². The Hall–Kier alpha value is -0.700. The molecule has 2 heterocycles. The Bertz CT molecular complexity index is 176. The highest BCUT2D eigenvalue weighted by molar-refractivity contribution is 5.05. The summed E-state index contributed by atoms with van der Waals surface area (Å²) in [6.07, 6.45) is 3.55. The van der Waals surface area contributed by atoms with E-state index in [1.807, 2.05) is 0 Å². The molecule has 0 aromatic carbocycles. The lowest BCUT2D eigenvalue weighted by Gasteiger charge is -2.40. The molecule has 2 aliphatic heterocycles. The molecule has 11 heavy (non-hydrogen) atoms. The topological polar surface area (TPSA) is 18.5 Å². The van der Waals surface area contributed by atoms with Crippen molar-refractivity contribution in [2.75, 3.05) is 33.4 Å². The van der Waals surface area contributed by atoms with Gasteiger partial charge in [0, 0.05) is 26.7 Å². The molecule has 0 aromatic rings. The molecule has 0 unspecified atom stereocenters. The molecule has 0 spiro atoms. The summed E-state index contributed by atoms with van der Waals surface area (Å²) in [6, 6.07) is 0. The highest BCUT2D eigenvalue weighted by Gasteiger charge is 2.20. The zero-order chi connectivity index (χ0) is 7.68. The van der Waals surface area contributed by atoms with E-state index in [4.69, 9.17) is 0 Å². The number of hydrogen-bond acceptors (Lipinski definition) is 3. The van der Waals surface area contributed by atoms with E-state index in [-0.39, 0.29) is 0 Å². The zero-order valence-electron chi connectivity index (χ0n) is 7.01. The van der Waals surface area contributed by atoms with E-state index < -0.39 is 0 Å². The molecule has 0 radical (unpaired) electrons. The SMILES string of the molecule is CN1CCCN2CNCC=C12. The first kappa shape index (κ1) is 6.98. The van der Waals surface area contributed by atoms with Crippen LogP contribution in [0.1, 0.15) is 6.42 Å². The van der Waals surface area contributed by atoms with Crippen LogP contribution in [0.2, 0.25) is 0 Å². The van der Waals surface area contributed by atoms with E-state index in [9.17, 15) is 0 Å². The predicted molar refractivity (Wildman–Crippen MR) is 44.9 cm³/mol. The highest BCUT2D eigenvalue weighted by Crippen LogP contribution is 2.16. The lowest BCUT2D eigenvalue weighted by atomic mass is 10.2. The summed E-state index contributed by atoms with van der Waals surface area (Å²) in [5.74, 6) is 1.41. The van der Waals surface area contributed by atoms with Gasteiger partial charge in [0.2, 0.25) is 0 Å². The summed E-state index contributed by atoms with van der Waals surface area (Å²) in [6.45, 7) is 4.47. The predicted octanol–water partition coefficient (Wildman–Crippen LogP) is 0.0260. The Morgan fingerprint density at radius 1 is 1.45 bits per heavy atom. The maximum Gasteiger partial charge on any atom is 0.102 e. The van der Waals surface area contributed by atoms with Crippen molar-refractivity contribution in [3.05, 3.63) is 11.9 Å². The van der Waals surface area contributed by atoms with Gasteiger partial charge in [0.05, 0.1) is 6.67 Å². The molecule has 3 heteroatoms. The van der Waals surface area contributed by atoms with E-state index in [0.29, 0.717) is 0 Å². The van der Waals surface area contributed by atoms with Gasteiger partial charge in [-0.1, -0.05) is 0 Å². The van der Waals surface area contributed by atoms with Crippen LogP contribution >= 0.6 is 0 Å². The van der Waals surface area contributed by atoms with Crippen LogP contribution in [0.25, 0.3) is 0 Å². The third-order valence-corrected chi connectivity index (χ3v) is 2.37. The molecule has 0 amide bonds. The van der Waals surface area contributed by atoms with Gasteiger partial charge in [0.25, 0.3) is 0 Å². The van der Waals surface area contributed by atoms with Crippen molar-refractivity contribution in [2.24, 2.45) is 0 Å². The van der Waals surface area contributed by atoms with E-state index >= 15 is 0 Å². The second-order valence-electron chi connectivity index (χ2n) is 3.21. The molecule has 1 N–H and O–H groups in total. The third-order valence-electron chi connectivity index (χ3n) is 2.37. The first-order valence-electron chi connectivity index (χ1n) is 4.25. The molecule has 1 saturated heterocycles. The fourth-order valence-electron chi connectivity index (χ4n) is 1.78. The summed E-state index contributed by atoms with van der Waals surface area (Å²) in [5.41, 5.74) is 0. The van der Waals surface area contributed by atoms with Gasteiger partial charge in [-0.05, 0) is 12.5 Å². The fourth-order valence-corrected chi connectivity index (χ4v) is 1.78. The number of nitrogens with zero attached hydrogens (tertiary/aromatic N) is 2. The summed E-state index contributed by atoms with van der Waals surface area (Å²) in [4.78, 5) is 4.73. The molecule has 0 aliphatic carbocycles. The molecule has 62 valence electrons. The number of fused-ring (bicyclic) bond motifs is 1. The van der Waals surface area contributed by atoms with E-state index in [1.165, 1.54) is 25.3 Å². The number of rotatable bonds is 0. The van der Waals surface area contributed by atoms with Crippen molar-refractivity contribution in [3.63, 3.8) is 0 Å². The van der Waals surface area contributed by atoms with Crippen LogP contribution < -0.4 is 5.32 Å². The van der Waals surface area contributed by atoms with Crippen molar-refractivity contribution >= 4 is 0 Å². The summed E-state index contributed by atoms with van der Waals surface area (Å²) in [5, 5.41) is 3.33. The zero-order valence-corrected chi connectivity index (χ0v) is 7.01. The Kier molecular flexibility index (Phi) is 1.74. The smallest absolute Gasteiger partial charge is 0.102 e. The van der Waals surface area contributed by atoms with Gasteiger partial charge in [-0.3, -0.25) is 5.32 Å². The van der Waals surface area contributed by atoms with E-state index in [0.717, 1.165) is 13.2 Å².